The minimum Gasteiger partial charge on any atom is -0.497 e. The molecule has 1 aliphatic rings. The second kappa shape index (κ2) is 10.1. The Kier molecular flexibility index (Phi) is 7.25. The predicted molar refractivity (Wildman–Crippen MR) is 115 cm³/mol. The third-order valence-corrected chi connectivity index (χ3v) is 5.23. The van der Waals surface area contributed by atoms with E-state index in [4.69, 9.17) is 4.74 Å². The van der Waals surface area contributed by atoms with E-state index in [1.807, 2.05) is 12.1 Å². The van der Waals surface area contributed by atoms with Crippen molar-refractivity contribution in [3.05, 3.63) is 59.7 Å². The van der Waals surface area contributed by atoms with Crippen molar-refractivity contribution in [1.29, 1.82) is 0 Å². The summed E-state index contributed by atoms with van der Waals surface area (Å²) in [5.41, 5.74) is 1.49. The number of benzene rings is 2. The van der Waals surface area contributed by atoms with Gasteiger partial charge in [-0.2, -0.15) is 0 Å². The molecule has 1 fully saturated rings. The minimum absolute atomic E-state index is 0.149. The Hall–Kier alpha value is -2.86. The molecule has 0 unspecified atom stereocenters. The molecule has 1 saturated heterocycles. The van der Waals surface area contributed by atoms with Crippen LogP contribution in [0.1, 0.15) is 46.9 Å². The van der Waals surface area contributed by atoms with Crippen LogP contribution in [0.5, 0.6) is 5.75 Å². The molecule has 2 aromatic rings. The molecule has 0 aromatic heterocycles. The van der Waals surface area contributed by atoms with E-state index in [2.05, 4.69) is 22.5 Å². The van der Waals surface area contributed by atoms with Gasteiger partial charge in [-0.1, -0.05) is 19.1 Å². The van der Waals surface area contributed by atoms with Gasteiger partial charge in [-0.15, -0.1) is 0 Å². The molecule has 2 amide bonds. The summed E-state index contributed by atoms with van der Waals surface area (Å²) in [6.45, 7) is 5.31. The van der Waals surface area contributed by atoms with Gasteiger partial charge in [0.15, 0.2) is 0 Å². The topological polar surface area (TPSA) is 70.7 Å². The number of nitrogens with one attached hydrogen (secondary N) is 2. The Morgan fingerprint density at radius 2 is 1.72 bits per heavy atom. The number of carbonyl (C=O) groups excluding carboxylic acids is 2. The van der Waals surface area contributed by atoms with E-state index in [1.165, 1.54) is 0 Å². The molecule has 0 radical (unpaired) electrons. The molecule has 0 aliphatic carbocycles. The van der Waals surface area contributed by atoms with Crippen LogP contribution >= 0.6 is 0 Å². The van der Waals surface area contributed by atoms with Crippen LogP contribution in [-0.4, -0.2) is 49.5 Å². The van der Waals surface area contributed by atoms with Gasteiger partial charge in [0, 0.05) is 24.7 Å². The van der Waals surface area contributed by atoms with Crippen molar-refractivity contribution in [3.8, 4) is 5.75 Å². The van der Waals surface area contributed by atoms with Crippen LogP contribution in [0.25, 0.3) is 0 Å². The second-order valence-electron chi connectivity index (χ2n) is 7.32. The number of para-hydroxylation sites is 1. The fourth-order valence-corrected chi connectivity index (χ4v) is 3.61. The van der Waals surface area contributed by atoms with Gasteiger partial charge >= 0.3 is 0 Å². The SMILES string of the molecule is CCCN1CCC(NC(=O)c2ccccc2NC(=O)c2ccc(OC)cc2)CC1. The van der Waals surface area contributed by atoms with Crippen LogP contribution in [0.3, 0.4) is 0 Å². The number of carbonyl (C=O) groups is 2. The van der Waals surface area contributed by atoms with Gasteiger partial charge in [0.2, 0.25) is 0 Å². The molecule has 154 valence electrons. The lowest BCUT2D eigenvalue weighted by Gasteiger charge is -2.32. The number of ether oxygens (including phenoxy) is 1. The van der Waals surface area contributed by atoms with E-state index >= 15 is 0 Å². The van der Waals surface area contributed by atoms with Gasteiger partial charge in [0.05, 0.1) is 18.4 Å². The fraction of sp³-hybridized carbons (Fsp3) is 0.391. The maximum absolute atomic E-state index is 12.8. The third kappa shape index (κ3) is 5.57. The summed E-state index contributed by atoms with van der Waals surface area (Å²) >= 11 is 0. The molecule has 1 aliphatic heterocycles. The first-order chi connectivity index (χ1) is 14.1. The predicted octanol–water partition coefficient (Wildman–Crippen LogP) is 3.55. The van der Waals surface area contributed by atoms with Crippen molar-refractivity contribution in [2.24, 2.45) is 0 Å². The van der Waals surface area contributed by atoms with Crippen LogP contribution in [0.4, 0.5) is 5.69 Å². The highest BCUT2D eigenvalue weighted by Gasteiger charge is 2.22. The number of nitrogens with zero attached hydrogens (tertiary/aromatic N) is 1. The first-order valence-corrected chi connectivity index (χ1v) is 10.2. The van der Waals surface area contributed by atoms with E-state index in [1.54, 1.807) is 43.5 Å². The lowest BCUT2D eigenvalue weighted by atomic mass is 10.0. The minimum atomic E-state index is -0.263. The van der Waals surface area contributed by atoms with E-state index in [9.17, 15) is 9.59 Å². The summed E-state index contributed by atoms with van der Waals surface area (Å²) in [6, 6.07) is 14.1. The van der Waals surface area contributed by atoms with E-state index in [-0.39, 0.29) is 17.9 Å². The molecule has 2 aromatic carbocycles. The van der Waals surface area contributed by atoms with Crippen molar-refractivity contribution in [1.82, 2.24) is 10.2 Å². The molecule has 0 spiro atoms. The van der Waals surface area contributed by atoms with Crippen molar-refractivity contribution >= 4 is 17.5 Å². The van der Waals surface area contributed by atoms with Crippen LogP contribution in [-0.2, 0) is 0 Å². The van der Waals surface area contributed by atoms with E-state index < -0.39 is 0 Å². The Bertz CT molecular complexity index is 828. The molecule has 0 bridgehead atoms. The Labute approximate surface area is 172 Å². The first kappa shape index (κ1) is 20.9. The van der Waals surface area contributed by atoms with Crippen molar-refractivity contribution in [2.45, 2.75) is 32.2 Å². The van der Waals surface area contributed by atoms with Crippen LogP contribution in [0.15, 0.2) is 48.5 Å². The Balaban J connectivity index is 1.63. The van der Waals surface area contributed by atoms with Gasteiger partial charge < -0.3 is 20.3 Å². The molecule has 1 heterocycles. The summed E-state index contributed by atoms with van der Waals surface area (Å²) in [7, 11) is 1.58. The largest absolute Gasteiger partial charge is 0.497 e. The number of piperidine rings is 1. The average Bonchev–Trinajstić information content (AvgIpc) is 2.75. The molecule has 0 saturated carbocycles. The number of likely N-dealkylation sites (tertiary alicyclic amines) is 1. The molecule has 2 N–H and O–H groups in total. The summed E-state index contributed by atoms with van der Waals surface area (Å²) < 4.78 is 5.12. The Morgan fingerprint density at radius 3 is 2.38 bits per heavy atom. The number of hydrogen-bond donors (Lipinski definition) is 2. The van der Waals surface area contributed by atoms with Gasteiger partial charge in [-0.05, 0) is 62.2 Å². The fourth-order valence-electron chi connectivity index (χ4n) is 3.61. The number of hydrogen-bond acceptors (Lipinski definition) is 4. The van der Waals surface area contributed by atoms with Crippen molar-refractivity contribution in [3.63, 3.8) is 0 Å². The average molecular weight is 396 g/mol. The second-order valence-corrected chi connectivity index (χ2v) is 7.32. The Morgan fingerprint density at radius 1 is 1.03 bits per heavy atom. The zero-order valence-electron chi connectivity index (χ0n) is 17.1. The molecule has 6 heteroatoms. The molecule has 29 heavy (non-hydrogen) atoms. The normalized spacial score (nSPS) is 15.0. The number of rotatable bonds is 7. The highest BCUT2D eigenvalue weighted by Crippen LogP contribution is 2.19. The van der Waals surface area contributed by atoms with E-state index in [0.29, 0.717) is 22.6 Å². The van der Waals surface area contributed by atoms with Crippen molar-refractivity contribution in [2.75, 3.05) is 32.1 Å². The first-order valence-electron chi connectivity index (χ1n) is 10.2. The highest BCUT2D eigenvalue weighted by atomic mass is 16.5. The van der Waals surface area contributed by atoms with Crippen molar-refractivity contribution < 1.29 is 14.3 Å². The lowest BCUT2D eigenvalue weighted by Crippen LogP contribution is -2.44. The van der Waals surface area contributed by atoms with Gasteiger partial charge in [0.25, 0.3) is 11.8 Å². The molecule has 0 atom stereocenters. The van der Waals surface area contributed by atoms with Crippen LogP contribution < -0.4 is 15.4 Å². The quantitative estimate of drug-likeness (QED) is 0.752. The summed E-state index contributed by atoms with van der Waals surface area (Å²) in [5, 5.41) is 5.99. The lowest BCUT2D eigenvalue weighted by molar-refractivity contribution is 0.0912. The zero-order valence-corrected chi connectivity index (χ0v) is 17.1. The number of amides is 2. The monoisotopic (exact) mass is 395 g/mol. The summed E-state index contributed by atoms with van der Waals surface area (Å²) in [5.74, 6) is 0.275. The number of methoxy groups -OCH3 is 1. The summed E-state index contributed by atoms with van der Waals surface area (Å²) in [4.78, 5) is 27.9. The molecular formula is C23H29N3O3. The number of anilines is 1. The highest BCUT2D eigenvalue weighted by molar-refractivity contribution is 6.09. The smallest absolute Gasteiger partial charge is 0.255 e. The van der Waals surface area contributed by atoms with Gasteiger partial charge in [-0.25, -0.2) is 0 Å². The van der Waals surface area contributed by atoms with E-state index in [0.717, 1.165) is 38.9 Å². The van der Waals surface area contributed by atoms with Gasteiger partial charge in [-0.3, -0.25) is 9.59 Å². The van der Waals surface area contributed by atoms with Crippen LogP contribution in [0, 0.1) is 0 Å². The maximum atomic E-state index is 12.8. The molecule has 3 rings (SSSR count). The maximum Gasteiger partial charge on any atom is 0.255 e. The third-order valence-electron chi connectivity index (χ3n) is 5.23. The molecular weight excluding hydrogens is 366 g/mol. The summed E-state index contributed by atoms with van der Waals surface area (Å²) in [6.07, 6.45) is 3.05. The van der Waals surface area contributed by atoms with Gasteiger partial charge in [0.1, 0.15) is 5.75 Å². The van der Waals surface area contributed by atoms with Crippen LogP contribution in [0.2, 0.25) is 0 Å². The zero-order chi connectivity index (χ0) is 20.6. The molecule has 6 nitrogen and oxygen atoms in total. The standard InChI is InChI=1S/C23H29N3O3/c1-3-14-26-15-12-18(13-16-26)24-23(28)20-6-4-5-7-21(20)25-22(27)17-8-10-19(29-2)11-9-17/h4-11,18H,3,12-16H2,1-2H3,(H,24,28)(H,25,27).